The Kier molecular flexibility index (Phi) is 5.60. The molecule has 1 aromatic carbocycles. The second-order valence-corrected chi connectivity index (χ2v) is 5.97. The molecule has 0 saturated carbocycles. The van der Waals surface area contributed by atoms with Gasteiger partial charge in [0.2, 0.25) is 0 Å². The number of anilines is 1. The molecule has 2 nitrogen and oxygen atoms in total. The van der Waals surface area contributed by atoms with E-state index in [1.807, 2.05) is 0 Å². The van der Waals surface area contributed by atoms with Crippen molar-refractivity contribution in [3.63, 3.8) is 0 Å². The largest absolute Gasteiger partial charge is 0.362 e. The van der Waals surface area contributed by atoms with E-state index in [4.69, 9.17) is 12.2 Å². The van der Waals surface area contributed by atoms with E-state index in [1.165, 1.54) is 36.8 Å². The molecule has 2 N–H and O–H groups in total. The lowest BCUT2D eigenvalue weighted by Crippen LogP contribution is -2.29. The van der Waals surface area contributed by atoms with Crippen LogP contribution in [0.3, 0.4) is 0 Å². The molecule has 1 aliphatic rings. The molecular formula is C17H24N2S. The molecule has 0 atom stereocenters. The van der Waals surface area contributed by atoms with Gasteiger partial charge in [0.25, 0.3) is 0 Å². The van der Waals surface area contributed by atoms with Crippen LogP contribution in [-0.2, 0) is 0 Å². The van der Waals surface area contributed by atoms with Crippen LogP contribution in [0, 0.1) is 13.8 Å². The lowest BCUT2D eigenvalue weighted by atomic mass is 9.97. The van der Waals surface area contributed by atoms with E-state index in [2.05, 4.69) is 48.8 Å². The normalized spacial score (nSPS) is 14.6. The SMILES string of the molecule is Cc1ccc(C)c(NC(=S)NCCC2=CCCCC2)c1. The first-order valence-electron chi connectivity index (χ1n) is 7.45. The van der Waals surface area contributed by atoms with Crippen LogP contribution in [0.2, 0.25) is 0 Å². The summed E-state index contributed by atoms with van der Waals surface area (Å²) in [6.07, 6.45) is 8.71. The molecule has 0 heterocycles. The predicted molar refractivity (Wildman–Crippen MR) is 91.3 cm³/mol. The first-order valence-corrected chi connectivity index (χ1v) is 7.86. The third-order valence-electron chi connectivity index (χ3n) is 3.76. The van der Waals surface area contributed by atoms with Gasteiger partial charge in [-0.05, 0) is 75.4 Å². The molecule has 108 valence electrons. The summed E-state index contributed by atoms with van der Waals surface area (Å²) in [5, 5.41) is 7.31. The lowest BCUT2D eigenvalue weighted by molar-refractivity contribution is 0.669. The molecule has 0 spiro atoms. The summed E-state index contributed by atoms with van der Waals surface area (Å²) in [6, 6.07) is 6.37. The van der Waals surface area contributed by atoms with Gasteiger partial charge in [0.05, 0.1) is 0 Å². The number of thiocarbonyl (C=S) groups is 1. The quantitative estimate of drug-likeness (QED) is 0.631. The van der Waals surface area contributed by atoms with Gasteiger partial charge in [0.15, 0.2) is 5.11 Å². The van der Waals surface area contributed by atoms with E-state index in [9.17, 15) is 0 Å². The Bertz CT molecular complexity index is 506. The van der Waals surface area contributed by atoms with Crippen molar-refractivity contribution in [3.8, 4) is 0 Å². The Labute approximate surface area is 127 Å². The summed E-state index contributed by atoms with van der Waals surface area (Å²) in [5.41, 5.74) is 5.14. The molecule has 0 radical (unpaired) electrons. The maximum Gasteiger partial charge on any atom is 0.170 e. The zero-order valence-electron chi connectivity index (χ0n) is 12.5. The highest BCUT2D eigenvalue weighted by atomic mass is 32.1. The van der Waals surface area contributed by atoms with Gasteiger partial charge in [-0.15, -0.1) is 0 Å². The first-order chi connectivity index (χ1) is 9.65. The van der Waals surface area contributed by atoms with Gasteiger partial charge in [0, 0.05) is 12.2 Å². The highest BCUT2D eigenvalue weighted by Crippen LogP contribution is 2.19. The number of hydrogen-bond donors (Lipinski definition) is 2. The zero-order valence-corrected chi connectivity index (χ0v) is 13.3. The van der Waals surface area contributed by atoms with E-state index in [1.54, 1.807) is 5.57 Å². The molecule has 1 aromatic rings. The van der Waals surface area contributed by atoms with Crippen molar-refractivity contribution in [2.45, 2.75) is 46.0 Å². The number of benzene rings is 1. The average Bonchev–Trinajstić information content (AvgIpc) is 2.44. The highest BCUT2D eigenvalue weighted by molar-refractivity contribution is 7.80. The Morgan fingerprint density at radius 2 is 2.10 bits per heavy atom. The number of allylic oxidation sites excluding steroid dienone is 1. The third-order valence-corrected chi connectivity index (χ3v) is 4.00. The van der Waals surface area contributed by atoms with E-state index in [0.717, 1.165) is 23.8 Å². The maximum atomic E-state index is 5.36. The van der Waals surface area contributed by atoms with Crippen LogP contribution >= 0.6 is 12.2 Å². The van der Waals surface area contributed by atoms with Crippen molar-refractivity contribution in [1.29, 1.82) is 0 Å². The van der Waals surface area contributed by atoms with Crippen LogP contribution in [0.4, 0.5) is 5.69 Å². The molecule has 3 heteroatoms. The molecule has 2 rings (SSSR count). The fourth-order valence-corrected chi connectivity index (χ4v) is 2.72. The van der Waals surface area contributed by atoms with E-state index in [0.29, 0.717) is 0 Å². The van der Waals surface area contributed by atoms with Crippen LogP contribution in [0.1, 0.15) is 43.2 Å². The topological polar surface area (TPSA) is 24.1 Å². The fourth-order valence-electron chi connectivity index (χ4n) is 2.51. The monoisotopic (exact) mass is 288 g/mol. The maximum absolute atomic E-state index is 5.36. The van der Waals surface area contributed by atoms with Crippen molar-refractivity contribution < 1.29 is 0 Å². The standard InChI is InChI=1S/C17H24N2S/c1-13-8-9-14(2)16(12-13)19-17(20)18-11-10-15-6-4-3-5-7-15/h6,8-9,12H,3-5,7,10-11H2,1-2H3,(H2,18,19,20). The average molecular weight is 288 g/mol. The fraction of sp³-hybridized carbons (Fsp3) is 0.471. The van der Waals surface area contributed by atoms with Gasteiger partial charge < -0.3 is 10.6 Å². The van der Waals surface area contributed by atoms with E-state index in [-0.39, 0.29) is 0 Å². The number of rotatable bonds is 4. The molecule has 20 heavy (non-hydrogen) atoms. The van der Waals surface area contributed by atoms with E-state index < -0.39 is 0 Å². The van der Waals surface area contributed by atoms with Gasteiger partial charge in [0.1, 0.15) is 0 Å². The Morgan fingerprint density at radius 3 is 2.85 bits per heavy atom. The molecule has 0 aliphatic heterocycles. The van der Waals surface area contributed by atoms with Gasteiger partial charge >= 0.3 is 0 Å². The Hall–Kier alpha value is -1.35. The molecule has 0 fully saturated rings. The van der Waals surface area contributed by atoms with Crippen molar-refractivity contribution in [2.24, 2.45) is 0 Å². The minimum atomic E-state index is 0.718. The van der Waals surface area contributed by atoms with Gasteiger partial charge in [-0.25, -0.2) is 0 Å². The predicted octanol–water partition coefficient (Wildman–Crippen LogP) is 4.48. The third kappa shape index (κ3) is 4.64. The van der Waals surface area contributed by atoms with E-state index >= 15 is 0 Å². The van der Waals surface area contributed by atoms with Crippen LogP contribution < -0.4 is 10.6 Å². The summed E-state index contributed by atoms with van der Waals surface area (Å²) >= 11 is 5.36. The van der Waals surface area contributed by atoms with Gasteiger partial charge in [-0.3, -0.25) is 0 Å². The smallest absolute Gasteiger partial charge is 0.170 e. The molecule has 0 amide bonds. The Morgan fingerprint density at radius 1 is 1.25 bits per heavy atom. The molecule has 0 saturated heterocycles. The summed E-state index contributed by atoms with van der Waals surface area (Å²) in [6.45, 7) is 5.11. The van der Waals surface area contributed by atoms with Crippen molar-refractivity contribution in [1.82, 2.24) is 5.32 Å². The van der Waals surface area contributed by atoms with Crippen molar-refractivity contribution >= 4 is 23.0 Å². The number of nitrogens with one attached hydrogen (secondary N) is 2. The Balaban J connectivity index is 1.77. The second-order valence-electron chi connectivity index (χ2n) is 5.56. The highest BCUT2D eigenvalue weighted by Gasteiger charge is 2.04. The van der Waals surface area contributed by atoms with Crippen LogP contribution in [0.25, 0.3) is 0 Å². The second kappa shape index (κ2) is 7.44. The first kappa shape index (κ1) is 15.0. The van der Waals surface area contributed by atoms with Crippen LogP contribution in [0.5, 0.6) is 0 Å². The number of hydrogen-bond acceptors (Lipinski definition) is 1. The molecule has 0 bridgehead atoms. The van der Waals surface area contributed by atoms with Gasteiger partial charge in [-0.2, -0.15) is 0 Å². The summed E-state index contributed by atoms with van der Waals surface area (Å²) < 4.78 is 0. The minimum Gasteiger partial charge on any atom is -0.362 e. The van der Waals surface area contributed by atoms with Crippen LogP contribution in [0.15, 0.2) is 29.8 Å². The van der Waals surface area contributed by atoms with Crippen molar-refractivity contribution in [2.75, 3.05) is 11.9 Å². The van der Waals surface area contributed by atoms with Crippen LogP contribution in [-0.4, -0.2) is 11.7 Å². The summed E-state index contributed by atoms with van der Waals surface area (Å²) in [4.78, 5) is 0. The lowest BCUT2D eigenvalue weighted by Gasteiger charge is -2.15. The zero-order chi connectivity index (χ0) is 14.4. The molecular weight excluding hydrogens is 264 g/mol. The minimum absolute atomic E-state index is 0.718. The summed E-state index contributed by atoms with van der Waals surface area (Å²) in [7, 11) is 0. The summed E-state index contributed by atoms with van der Waals surface area (Å²) in [5.74, 6) is 0. The molecule has 0 aromatic heterocycles. The molecule has 0 unspecified atom stereocenters. The number of aryl methyl sites for hydroxylation is 2. The van der Waals surface area contributed by atoms with Crippen molar-refractivity contribution in [3.05, 3.63) is 41.0 Å². The molecule has 1 aliphatic carbocycles. The van der Waals surface area contributed by atoms with Gasteiger partial charge in [-0.1, -0.05) is 23.8 Å².